The molecule has 0 spiro atoms. The Morgan fingerprint density at radius 3 is 2.88 bits per heavy atom. The number of hydrogen-bond acceptors (Lipinski definition) is 2. The number of benzene rings is 1. The van der Waals surface area contributed by atoms with Crippen molar-refractivity contribution >= 4 is 5.97 Å². The first kappa shape index (κ1) is 11.1. The minimum Gasteiger partial charge on any atom is -0.481 e. The summed E-state index contributed by atoms with van der Waals surface area (Å²) in [5.41, 5.74) is 2.28. The summed E-state index contributed by atoms with van der Waals surface area (Å²) in [5.74, 6) is -0.990. The lowest BCUT2D eigenvalue weighted by molar-refractivity contribution is -0.143. The van der Waals surface area contributed by atoms with Crippen LogP contribution in [-0.2, 0) is 4.79 Å². The molecule has 3 heteroatoms. The minimum absolute atomic E-state index is 0.0348. The summed E-state index contributed by atoms with van der Waals surface area (Å²) in [7, 11) is 0. The molecule has 1 aromatic rings. The van der Waals surface area contributed by atoms with Crippen molar-refractivity contribution in [3.8, 4) is 0 Å². The second kappa shape index (κ2) is 4.66. The summed E-state index contributed by atoms with van der Waals surface area (Å²) in [6, 6.07) is 7.97. The number of rotatable bonds is 2. The van der Waals surface area contributed by atoms with E-state index in [1.54, 1.807) is 0 Å². The van der Waals surface area contributed by atoms with Gasteiger partial charge in [0.05, 0.1) is 5.92 Å². The number of piperidine rings is 1. The first-order valence-electron chi connectivity index (χ1n) is 5.72. The lowest BCUT2D eigenvalue weighted by Crippen LogP contribution is -2.38. The Labute approximate surface area is 95.5 Å². The zero-order valence-electron chi connectivity index (χ0n) is 9.44. The maximum Gasteiger partial charge on any atom is 0.308 e. The van der Waals surface area contributed by atoms with Crippen LogP contribution in [0.4, 0.5) is 0 Å². The Kier molecular flexibility index (Phi) is 3.25. The van der Waals surface area contributed by atoms with Gasteiger partial charge < -0.3 is 10.4 Å². The second-order valence-corrected chi connectivity index (χ2v) is 4.38. The van der Waals surface area contributed by atoms with Crippen LogP contribution >= 0.6 is 0 Å². The third kappa shape index (κ3) is 2.09. The van der Waals surface area contributed by atoms with Gasteiger partial charge in [0.1, 0.15) is 0 Å². The maximum atomic E-state index is 11.2. The third-order valence-corrected chi connectivity index (χ3v) is 3.30. The minimum atomic E-state index is -0.694. The fraction of sp³-hybridized carbons (Fsp3) is 0.462. The van der Waals surface area contributed by atoms with Crippen molar-refractivity contribution in [2.45, 2.75) is 25.8 Å². The van der Waals surface area contributed by atoms with Crippen LogP contribution in [0.1, 0.15) is 30.0 Å². The zero-order valence-corrected chi connectivity index (χ0v) is 9.44. The Morgan fingerprint density at radius 1 is 1.44 bits per heavy atom. The molecule has 1 heterocycles. The Balaban J connectivity index is 2.30. The molecule has 0 bridgehead atoms. The van der Waals surface area contributed by atoms with Gasteiger partial charge in [-0.25, -0.2) is 0 Å². The van der Waals surface area contributed by atoms with Gasteiger partial charge in [-0.1, -0.05) is 24.3 Å². The highest BCUT2D eigenvalue weighted by Gasteiger charge is 2.32. The molecule has 1 aromatic carbocycles. The molecule has 2 rings (SSSR count). The van der Waals surface area contributed by atoms with Crippen molar-refractivity contribution in [1.29, 1.82) is 0 Å². The summed E-state index contributed by atoms with van der Waals surface area (Å²) < 4.78 is 0. The van der Waals surface area contributed by atoms with Gasteiger partial charge in [-0.3, -0.25) is 4.79 Å². The predicted molar refractivity (Wildman–Crippen MR) is 62.3 cm³/mol. The highest BCUT2D eigenvalue weighted by molar-refractivity contribution is 5.71. The average Bonchev–Trinajstić information content (AvgIpc) is 2.29. The van der Waals surface area contributed by atoms with E-state index < -0.39 is 5.97 Å². The molecule has 2 atom stereocenters. The number of carboxylic acid groups (broad SMARTS) is 1. The lowest BCUT2D eigenvalue weighted by atomic mass is 9.85. The van der Waals surface area contributed by atoms with E-state index in [1.165, 1.54) is 0 Å². The van der Waals surface area contributed by atoms with Crippen LogP contribution in [0.5, 0.6) is 0 Å². The van der Waals surface area contributed by atoms with Gasteiger partial charge in [0.15, 0.2) is 0 Å². The van der Waals surface area contributed by atoms with Crippen molar-refractivity contribution in [1.82, 2.24) is 5.32 Å². The van der Waals surface area contributed by atoms with Crippen LogP contribution in [-0.4, -0.2) is 17.6 Å². The molecule has 3 nitrogen and oxygen atoms in total. The lowest BCUT2D eigenvalue weighted by Gasteiger charge is -2.31. The fourth-order valence-corrected chi connectivity index (χ4v) is 2.42. The van der Waals surface area contributed by atoms with Crippen molar-refractivity contribution < 1.29 is 9.90 Å². The molecule has 0 aliphatic carbocycles. The Morgan fingerprint density at radius 2 is 2.19 bits per heavy atom. The summed E-state index contributed by atoms with van der Waals surface area (Å²) in [5, 5.41) is 12.5. The molecule has 1 fully saturated rings. The molecule has 1 saturated heterocycles. The molecule has 0 saturated carbocycles. The molecule has 2 N–H and O–H groups in total. The van der Waals surface area contributed by atoms with Gasteiger partial charge >= 0.3 is 5.97 Å². The Hall–Kier alpha value is -1.35. The summed E-state index contributed by atoms with van der Waals surface area (Å²) >= 11 is 0. The first-order valence-corrected chi connectivity index (χ1v) is 5.72. The monoisotopic (exact) mass is 219 g/mol. The van der Waals surface area contributed by atoms with E-state index in [0.29, 0.717) is 0 Å². The van der Waals surface area contributed by atoms with E-state index in [4.69, 9.17) is 0 Å². The number of aryl methyl sites for hydroxylation is 1. The van der Waals surface area contributed by atoms with Crippen LogP contribution < -0.4 is 5.32 Å². The smallest absolute Gasteiger partial charge is 0.308 e. The van der Waals surface area contributed by atoms with E-state index >= 15 is 0 Å². The maximum absolute atomic E-state index is 11.2. The second-order valence-electron chi connectivity index (χ2n) is 4.38. The van der Waals surface area contributed by atoms with Gasteiger partial charge in [0.25, 0.3) is 0 Å². The normalized spacial score (nSPS) is 25.3. The summed E-state index contributed by atoms with van der Waals surface area (Å²) in [6.07, 6.45) is 1.71. The molecule has 0 aromatic heterocycles. The van der Waals surface area contributed by atoms with Gasteiger partial charge in [0.2, 0.25) is 0 Å². The van der Waals surface area contributed by atoms with Crippen LogP contribution in [0.15, 0.2) is 24.3 Å². The molecule has 86 valence electrons. The quantitative estimate of drug-likeness (QED) is 0.801. The number of nitrogens with one attached hydrogen (secondary N) is 1. The van der Waals surface area contributed by atoms with Crippen molar-refractivity contribution in [2.24, 2.45) is 5.92 Å². The Bertz CT molecular complexity index is 389. The molecule has 1 aliphatic heterocycles. The van der Waals surface area contributed by atoms with Gasteiger partial charge in [-0.05, 0) is 37.4 Å². The topological polar surface area (TPSA) is 49.3 Å². The summed E-state index contributed by atoms with van der Waals surface area (Å²) in [6.45, 7) is 2.94. The molecule has 1 aliphatic rings. The van der Waals surface area contributed by atoms with Crippen molar-refractivity contribution in [3.05, 3.63) is 35.4 Å². The van der Waals surface area contributed by atoms with Crippen LogP contribution in [0.25, 0.3) is 0 Å². The molecule has 0 unspecified atom stereocenters. The van der Waals surface area contributed by atoms with Crippen LogP contribution in [0.2, 0.25) is 0 Å². The van der Waals surface area contributed by atoms with Gasteiger partial charge in [-0.15, -0.1) is 0 Å². The van der Waals surface area contributed by atoms with Crippen LogP contribution in [0, 0.1) is 12.8 Å². The molecule has 0 radical (unpaired) electrons. The fourth-order valence-electron chi connectivity index (χ4n) is 2.42. The van der Waals surface area contributed by atoms with E-state index in [1.807, 2.05) is 31.2 Å². The molecule has 0 amide bonds. The largest absolute Gasteiger partial charge is 0.481 e. The number of carbonyl (C=O) groups is 1. The number of carboxylic acids is 1. The first-order chi connectivity index (χ1) is 7.70. The van der Waals surface area contributed by atoms with E-state index in [0.717, 1.165) is 30.5 Å². The summed E-state index contributed by atoms with van der Waals surface area (Å²) in [4.78, 5) is 11.2. The predicted octanol–water partition coefficient (Wildman–Crippen LogP) is 2.12. The molecular weight excluding hydrogens is 202 g/mol. The van der Waals surface area contributed by atoms with E-state index in [9.17, 15) is 9.90 Å². The highest BCUT2D eigenvalue weighted by atomic mass is 16.4. The highest BCUT2D eigenvalue weighted by Crippen LogP contribution is 2.31. The number of hydrogen-bond donors (Lipinski definition) is 2. The third-order valence-electron chi connectivity index (χ3n) is 3.30. The SMILES string of the molecule is Cc1ccccc1[C@H]1NCCC[C@@H]1C(=O)O. The van der Waals surface area contributed by atoms with E-state index in [-0.39, 0.29) is 12.0 Å². The standard InChI is InChI=1S/C13H17NO2/c1-9-5-2-3-6-10(9)12-11(13(15)16)7-4-8-14-12/h2-3,5-6,11-12,14H,4,7-8H2,1H3,(H,15,16)/t11-,12+/m0/s1. The van der Waals surface area contributed by atoms with Crippen LogP contribution in [0.3, 0.4) is 0 Å². The molecule has 16 heavy (non-hydrogen) atoms. The van der Waals surface area contributed by atoms with Crippen molar-refractivity contribution in [2.75, 3.05) is 6.54 Å². The van der Waals surface area contributed by atoms with Gasteiger partial charge in [-0.2, -0.15) is 0 Å². The molecular formula is C13H17NO2. The van der Waals surface area contributed by atoms with E-state index in [2.05, 4.69) is 5.32 Å². The van der Waals surface area contributed by atoms with Crippen molar-refractivity contribution in [3.63, 3.8) is 0 Å². The average molecular weight is 219 g/mol. The van der Waals surface area contributed by atoms with Gasteiger partial charge in [0, 0.05) is 6.04 Å². The zero-order chi connectivity index (χ0) is 11.5. The number of aliphatic carboxylic acids is 1.